The SMILES string of the molecule is O=C(CCOc1cc(Cl)ccc1Oc1ccc(Cl)cc1Cl)N1CCOCC1. The molecule has 1 aliphatic heterocycles. The Morgan fingerprint density at radius 1 is 0.963 bits per heavy atom. The molecule has 0 unspecified atom stereocenters. The molecular weight excluding hydrogens is 413 g/mol. The first kappa shape index (κ1) is 20.1. The van der Waals surface area contributed by atoms with Gasteiger partial charge in [-0.05, 0) is 30.3 Å². The van der Waals surface area contributed by atoms with Crippen LogP contribution < -0.4 is 9.47 Å². The molecule has 1 amide bonds. The Labute approximate surface area is 172 Å². The van der Waals surface area contributed by atoms with Crippen LogP contribution in [0, 0.1) is 0 Å². The van der Waals surface area contributed by atoms with Crippen molar-refractivity contribution in [1.29, 1.82) is 0 Å². The summed E-state index contributed by atoms with van der Waals surface area (Å²) < 4.78 is 16.8. The van der Waals surface area contributed by atoms with Gasteiger partial charge in [0, 0.05) is 29.2 Å². The fourth-order valence-corrected chi connectivity index (χ4v) is 3.18. The maximum absolute atomic E-state index is 12.2. The van der Waals surface area contributed by atoms with E-state index in [4.69, 9.17) is 49.0 Å². The number of amides is 1. The molecule has 0 radical (unpaired) electrons. The molecule has 5 nitrogen and oxygen atoms in total. The molecule has 0 bridgehead atoms. The van der Waals surface area contributed by atoms with Gasteiger partial charge in [0.25, 0.3) is 0 Å². The van der Waals surface area contributed by atoms with Gasteiger partial charge in [-0.25, -0.2) is 0 Å². The molecule has 0 aliphatic carbocycles. The highest BCUT2D eigenvalue weighted by atomic mass is 35.5. The van der Waals surface area contributed by atoms with Crippen LogP contribution in [0.5, 0.6) is 17.2 Å². The van der Waals surface area contributed by atoms with Gasteiger partial charge in [0.05, 0.1) is 31.3 Å². The third kappa shape index (κ3) is 5.66. The Kier molecular flexibility index (Phi) is 7.07. The third-order valence-corrected chi connectivity index (χ3v) is 4.72. The first-order valence-electron chi connectivity index (χ1n) is 8.44. The van der Waals surface area contributed by atoms with Crippen LogP contribution in [0.3, 0.4) is 0 Å². The predicted octanol–water partition coefficient (Wildman–Crippen LogP) is 5.07. The van der Waals surface area contributed by atoms with Crippen molar-refractivity contribution in [2.24, 2.45) is 0 Å². The zero-order chi connectivity index (χ0) is 19.2. The summed E-state index contributed by atoms with van der Waals surface area (Å²) >= 11 is 18.1. The van der Waals surface area contributed by atoms with E-state index >= 15 is 0 Å². The smallest absolute Gasteiger partial charge is 0.226 e. The molecule has 1 aliphatic rings. The van der Waals surface area contributed by atoms with Crippen LogP contribution in [0.1, 0.15) is 6.42 Å². The summed E-state index contributed by atoms with van der Waals surface area (Å²) in [6, 6.07) is 9.96. The average molecular weight is 431 g/mol. The van der Waals surface area contributed by atoms with E-state index in [1.54, 1.807) is 41.3 Å². The highest BCUT2D eigenvalue weighted by Crippen LogP contribution is 2.37. The highest BCUT2D eigenvalue weighted by Gasteiger charge is 2.17. The lowest BCUT2D eigenvalue weighted by Crippen LogP contribution is -2.41. The molecule has 3 rings (SSSR count). The fraction of sp³-hybridized carbons (Fsp3) is 0.316. The first-order chi connectivity index (χ1) is 13.0. The molecule has 0 aromatic heterocycles. The normalized spacial score (nSPS) is 14.1. The summed E-state index contributed by atoms with van der Waals surface area (Å²) in [7, 11) is 0. The van der Waals surface area contributed by atoms with Crippen molar-refractivity contribution in [3.05, 3.63) is 51.5 Å². The van der Waals surface area contributed by atoms with Crippen LogP contribution in [0.15, 0.2) is 36.4 Å². The maximum atomic E-state index is 12.2. The Morgan fingerprint density at radius 2 is 1.63 bits per heavy atom. The van der Waals surface area contributed by atoms with E-state index in [-0.39, 0.29) is 18.9 Å². The number of carbonyl (C=O) groups is 1. The Balaban J connectivity index is 1.64. The summed E-state index contributed by atoms with van der Waals surface area (Å²) in [4.78, 5) is 14.0. The van der Waals surface area contributed by atoms with E-state index in [1.165, 1.54) is 0 Å². The molecule has 0 spiro atoms. The second kappa shape index (κ2) is 9.51. The van der Waals surface area contributed by atoms with Crippen LogP contribution in [-0.4, -0.2) is 43.7 Å². The fourth-order valence-electron chi connectivity index (χ4n) is 2.57. The zero-order valence-electron chi connectivity index (χ0n) is 14.4. The van der Waals surface area contributed by atoms with Gasteiger partial charge in [-0.2, -0.15) is 0 Å². The van der Waals surface area contributed by atoms with Gasteiger partial charge in [-0.3, -0.25) is 4.79 Å². The monoisotopic (exact) mass is 429 g/mol. The van der Waals surface area contributed by atoms with Crippen molar-refractivity contribution in [3.8, 4) is 17.2 Å². The van der Waals surface area contributed by atoms with Crippen molar-refractivity contribution in [2.75, 3.05) is 32.9 Å². The van der Waals surface area contributed by atoms with E-state index < -0.39 is 0 Å². The molecular formula is C19H18Cl3NO4. The van der Waals surface area contributed by atoms with Gasteiger partial charge >= 0.3 is 0 Å². The predicted molar refractivity (Wildman–Crippen MR) is 105 cm³/mol. The molecule has 2 aromatic rings. The number of morpholine rings is 1. The topological polar surface area (TPSA) is 48.0 Å². The van der Waals surface area contributed by atoms with Crippen LogP contribution in [0.2, 0.25) is 15.1 Å². The lowest BCUT2D eigenvalue weighted by atomic mass is 10.3. The molecule has 1 fully saturated rings. The molecule has 8 heteroatoms. The van der Waals surface area contributed by atoms with E-state index in [0.717, 1.165) is 0 Å². The number of hydrogen-bond donors (Lipinski definition) is 0. The van der Waals surface area contributed by atoms with Crippen molar-refractivity contribution in [1.82, 2.24) is 4.90 Å². The maximum Gasteiger partial charge on any atom is 0.226 e. The molecule has 2 aromatic carbocycles. The van der Waals surface area contributed by atoms with Gasteiger partial charge in [0.1, 0.15) is 5.75 Å². The number of rotatable bonds is 6. The number of ether oxygens (including phenoxy) is 3. The molecule has 144 valence electrons. The lowest BCUT2D eigenvalue weighted by Gasteiger charge is -2.26. The number of hydrogen-bond acceptors (Lipinski definition) is 4. The summed E-state index contributed by atoms with van der Waals surface area (Å²) in [5, 5.41) is 1.39. The minimum Gasteiger partial charge on any atom is -0.489 e. The minimum atomic E-state index is 0.0311. The van der Waals surface area contributed by atoms with Crippen molar-refractivity contribution in [2.45, 2.75) is 6.42 Å². The van der Waals surface area contributed by atoms with Crippen molar-refractivity contribution < 1.29 is 19.0 Å². The molecule has 27 heavy (non-hydrogen) atoms. The Morgan fingerprint density at radius 3 is 2.33 bits per heavy atom. The van der Waals surface area contributed by atoms with E-state index in [0.29, 0.717) is 58.6 Å². The Bertz CT molecular complexity index is 810. The van der Waals surface area contributed by atoms with Gasteiger partial charge < -0.3 is 19.1 Å². The van der Waals surface area contributed by atoms with E-state index in [2.05, 4.69) is 0 Å². The summed E-state index contributed by atoms with van der Waals surface area (Å²) in [6.45, 7) is 2.57. The molecule has 0 atom stereocenters. The second-order valence-electron chi connectivity index (χ2n) is 5.86. The van der Waals surface area contributed by atoms with Crippen LogP contribution in [0.4, 0.5) is 0 Å². The number of benzene rings is 2. The zero-order valence-corrected chi connectivity index (χ0v) is 16.7. The van der Waals surface area contributed by atoms with Gasteiger partial charge in [-0.15, -0.1) is 0 Å². The number of carbonyl (C=O) groups excluding carboxylic acids is 1. The van der Waals surface area contributed by atoms with Crippen LogP contribution >= 0.6 is 34.8 Å². The standard InChI is InChI=1S/C19H18Cl3NO4/c20-13-1-3-16(15(22)11-13)27-17-4-2-14(21)12-18(17)26-8-5-19(24)23-6-9-25-10-7-23/h1-4,11-12H,5-10H2. The summed E-state index contributed by atoms with van der Waals surface area (Å²) in [5.41, 5.74) is 0. The lowest BCUT2D eigenvalue weighted by molar-refractivity contribution is -0.135. The average Bonchev–Trinajstić information content (AvgIpc) is 2.66. The highest BCUT2D eigenvalue weighted by molar-refractivity contribution is 6.35. The second-order valence-corrected chi connectivity index (χ2v) is 7.14. The quantitative estimate of drug-likeness (QED) is 0.642. The minimum absolute atomic E-state index is 0.0311. The van der Waals surface area contributed by atoms with E-state index in [1.807, 2.05) is 0 Å². The Hall–Kier alpha value is -1.66. The summed E-state index contributed by atoms with van der Waals surface area (Å²) in [5.74, 6) is 1.35. The van der Waals surface area contributed by atoms with Crippen molar-refractivity contribution >= 4 is 40.7 Å². The van der Waals surface area contributed by atoms with Gasteiger partial charge in [-0.1, -0.05) is 34.8 Å². The van der Waals surface area contributed by atoms with Crippen LogP contribution in [-0.2, 0) is 9.53 Å². The molecule has 0 N–H and O–H groups in total. The van der Waals surface area contributed by atoms with Gasteiger partial charge in [0.15, 0.2) is 11.5 Å². The molecule has 0 saturated carbocycles. The largest absolute Gasteiger partial charge is 0.489 e. The first-order valence-corrected chi connectivity index (χ1v) is 9.57. The van der Waals surface area contributed by atoms with E-state index in [9.17, 15) is 4.79 Å². The van der Waals surface area contributed by atoms with Crippen LogP contribution in [0.25, 0.3) is 0 Å². The number of halogens is 3. The molecule has 1 saturated heterocycles. The third-order valence-electron chi connectivity index (χ3n) is 3.96. The van der Waals surface area contributed by atoms with Gasteiger partial charge in [0.2, 0.25) is 5.91 Å². The molecule has 1 heterocycles. The van der Waals surface area contributed by atoms with Crippen molar-refractivity contribution in [3.63, 3.8) is 0 Å². The number of nitrogens with zero attached hydrogens (tertiary/aromatic N) is 1. The summed E-state index contributed by atoms with van der Waals surface area (Å²) in [6.07, 6.45) is 0.258.